The molecule has 1 amide bonds. The number of carbonyl (C=O) groups excluding carboxylic acids is 1. The third kappa shape index (κ3) is 6.24. The molecule has 3 aromatic carbocycles. The molecule has 9 nitrogen and oxygen atoms in total. The molecule has 1 saturated carbocycles. The predicted molar refractivity (Wildman–Crippen MR) is 160 cm³/mol. The van der Waals surface area contributed by atoms with E-state index in [-0.39, 0.29) is 23.9 Å². The average Bonchev–Trinajstić information content (AvgIpc) is 3.82. The molecule has 4 N–H and O–H groups in total. The second-order valence-electron chi connectivity index (χ2n) is 10.8. The fourth-order valence-electron chi connectivity index (χ4n) is 5.15. The van der Waals surface area contributed by atoms with Gasteiger partial charge in [0, 0.05) is 37.1 Å². The number of hydrogen-bond acceptors (Lipinski definition) is 7. The van der Waals surface area contributed by atoms with E-state index in [2.05, 4.69) is 30.6 Å². The van der Waals surface area contributed by atoms with E-state index in [1.54, 1.807) is 18.3 Å². The summed E-state index contributed by atoms with van der Waals surface area (Å²) in [5.41, 5.74) is 2.02. The number of halogens is 3. The third-order valence-electron chi connectivity index (χ3n) is 7.79. The van der Waals surface area contributed by atoms with Crippen molar-refractivity contribution in [3.63, 3.8) is 0 Å². The summed E-state index contributed by atoms with van der Waals surface area (Å²) in [7, 11) is -3.65. The normalized spacial score (nSPS) is 17.1. The summed E-state index contributed by atoms with van der Waals surface area (Å²) in [5.74, 6) is 0.675. The molecule has 228 valence electrons. The molecule has 0 atom stereocenters. The summed E-state index contributed by atoms with van der Waals surface area (Å²) in [6, 6.07) is 18.8. The number of carbonyl (C=O) groups is 1. The molecule has 1 fully saturated rings. The number of benzene rings is 3. The minimum absolute atomic E-state index is 0.148. The van der Waals surface area contributed by atoms with Gasteiger partial charge in [0.2, 0.25) is 21.9 Å². The van der Waals surface area contributed by atoms with E-state index >= 15 is 0 Å². The van der Waals surface area contributed by atoms with E-state index in [4.69, 9.17) is 0 Å². The van der Waals surface area contributed by atoms with Crippen molar-refractivity contribution in [2.75, 3.05) is 23.7 Å². The van der Waals surface area contributed by atoms with E-state index in [9.17, 15) is 26.4 Å². The Morgan fingerprint density at radius 3 is 2.43 bits per heavy atom. The van der Waals surface area contributed by atoms with Crippen LogP contribution in [-0.2, 0) is 33.0 Å². The van der Waals surface area contributed by atoms with Crippen LogP contribution >= 0.6 is 0 Å². The van der Waals surface area contributed by atoms with Gasteiger partial charge in [-0.3, -0.25) is 4.79 Å². The zero-order chi connectivity index (χ0) is 31.0. The van der Waals surface area contributed by atoms with E-state index in [1.807, 2.05) is 24.3 Å². The van der Waals surface area contributed by atoms with Crippen LogP contribution < -0.4 is 20.7 Å². The van der Waals surface area contributed by atoms with Gasteiger partial charge in [-0.1, -0.05) is 42.5 Å². The fraction of sp³-hybridized carbons (Fsp3) is 0.258. The monoisotopic (exact) mass is 622 g/mol. The van der Waals surface area contributed by atoms with Crippen LogP contribution in [0.2, 0.25) is 0 Å². The Hall–Kier alpha value is -4.49. The van der Waals surface area contributed by atoms with Gasteiger partial charge in [0.1, 0.15) is 5.82 Å². The Labute approximate surface area is 252 Å². The van der Waals surface area contributed by atoms with E-state index in [0.29, 0.717) is 48.8 Å². The van der Waals surface area contributed by atoms with Crippen LogP contribution in [0.4, 0.5) is 30.6 Å². The standard InChI is InChI=1S/C31H29F3N6O3S/c32-31(33,34)23-11-9-22(10-12-23)30(13-14-30)28(41)36-18-20-5-7-21(8-6-20)26-19-37-29-39-24-3-1-4-25(17-24)44(42,43)38-16-2-15-35-27(26)40-29/h1,3-12,17,19,38H,2,13-16,18H2,(H,36,41)(H2,35,37,39,40). The van der Waals surface area contributed by atoms with Crippen LogP contribution in [0.25, 0.3) is 11.1 Å². The molecule has 0 spiro atoms. The summed E-state index contributed by atoms with van der Waals surface area (Å²) >= 11 is 0. The van der Waals surface area contributed by atoms with Gasteiger partial charge in [0.05, 0.1) is 15.9 Å². The van der Waals surface area contributed by atoms with E-state index < -0.39 is 27.2 Å². The first-order valence-corrected chi connectivity index (χ1v) is 15.5. The van der Waals surface area contributed by atoms with Gasteiger partial charge in [-0.05, 0) is 66.3 Å². The number of alkyl halides is 3. The lowest BCUT2D eigenvalue weighted by molar-refractivity contribution is -0.137. The maximum Gasteiger partial charge on any atom is 0.416 e. The van der Waals surface area contributed by atoms with Crippen molar-refractivity contribution in [2.45, 2.75) is 42.3 Å². The molecule has 44 heavy (non-hydrogen) atoms. The zero-order valence-corrected chi connectivity index (χ0v) is 24.2. The Kier molecular flexibility index (Phi) is 7.76. The molecule has 6 rings (SSSR count). The summed E-state index contributed by atoms with van der Waals surface area (Å²) in [4.78, 5) is 22.3. The highest BCUT2D eigenvalue weighted by Crippen LogP contribution is 2.49. The van der Waals surface area contributed by atoms with Gasteiger partial charge < -0.3 is 16.0 Å². The molecule has 1 aliphatic heterocycles. The number of nitrogens with one attached hydrogen (secondary N) is 4. The number of fused-ring (bicyclic) bond motifs is 4. The lowest BCUT2D eigenvalue weighted by Crippen LogP contribution is -2.34. The van der Waals surface area contributed by atoms with Crippen LogP contribution in [0.1, 0.15) is 36.0 Å². The molecule has 0 unspecified atom stereocenters. The van der Waals surface area contributed by atoms with Crippen LogP contribution in [-0.4, -0.2) is 37.4 Å². The van der Waals surface area contributed by atoms with Crippen molar-refractivity contribution in [1.29, 1.82) is 0 Å². The van der Waals surface area contributed by atoms with Crippen LogP contribution in [0.15, 0.2) is 83.9 Å². The van der Waals surface area contributed by atoms with Gasteiger partial charge >= 0.3 is 6.18 Å². The molecular weight excluding hydrogens is 593 g/mol. The van der Waals surface area contributed by atoms with Crippen molar-refractivity contribution in [3.8, 4) is 11.1 Å². The topological polar surface area (TPSA) is 125 Å². The largest absolute Gasteiger partial charge is 0.416 e. The smallest absolute Gasteiger partial charge is 0.369 e. The number of aromatic nitrogens is 2. The molecule has 4 bridgehead atoms. The summed E-state index contributed by atoms with van der Waals surface area (Å²) in [6.07, 6.45) is -1.04. The fourth-order valence-corrected chi connectivity index (χ4v) is 6.27. The number of nitrogens with zero attached hydrogens (tertiary/aromatic N) is 2. The van der Waals surface area contributed by atoms with Crippen molar-refractivity contribution in [2.24, 2.45) is 0 Å². The lowest BCUT2D eigenvalue weighted by Gasteiger charge is -2.17. The molecule has 1 aliphatic carbocycles. The van der Waals surface area contributed by atoms with Crippen molar-refractivity contribution < 1.29 is 26.4 Å². The molecule has 1 aromatic heterocycles. The van der Waals surface area contributed by atoms with Crippen molar-refractivity contribution >= 4 is 33.4 Å². The Bertz CT molecular complexity index is 1790. The molecule has 2 heterocycles. The summed E-state index contributed by atoms with van der Waals surface area (Å²) in [5, 5.41) is 9.29. The molecular formula is C31H29F3N6O3S. The van der Waals surface area contributed by atoms with Crippen molar-refractivity contribution in [1.82, 2.24) is 20.0 Å². The molecule has 0 saturated heterocycles. The highest BCUT2D eigenvalue weighted by atomic mass is 32.2. The molecule has 0 radical (unpaired) electrons. The van der Waals surface area contributed by atoms with Crippen LogP contribution in [0.3, 0.4) is 0 Å². The summed E-state index contributed by atoms with van der Waals surface area (Å²) in [6.45, 7) is 0.982. The minimum atomic E-state index is -4.42. The van der Waals surface area contributed by atoms with Gasteiger partial charge in [-0.15, -0.1) is 0 Å². The molecule has 2 aliphatic rings. The Morgan fingerprint density at radius 1 is 0.977 bits per heavy atom. The Balaban J connectivity index is 1.15. The molecule has 13 heteroatoms. The first-order chi connectivity index (χ1) is 21.0. The molecule has 4 aromatic rings. The quantitative estimate of drug-likeness (QED) is 0.237. The van der Waals surface area contributed by atoms with Gasteiger partial charge in [0.15, 0.2) is 0 Å². The second-order valence-corrected chi connectivity index (χ2v) is 12.6. The maximum absolute atomic E-state index is 13.1. The maximum atomic E-state index is 13.1. The SMILES string of the molecule is O=C(NCc1ccc(-c2cnc3nc2NCCCNS(=O)(=O)c2cccc(c2)N3)cc1)C1(c2ccc(C(F)(F)F)cc2)CC1. The average molecular weight is 623 g/mol. The van der Waals surface area contributed by atoms with Gasteiger partial charge in [-0.2, -0.15) is 18.2 Å². The first kappa shape index (κ1) is 29.6. The van der Waals surface area contributed by atoms with Crippen molar-refractivity contribution in [3.05, 3.63) is 95.7 Å². The number of rotatable bonds is 5. The third-order valence-corrected chi connectivity index (χ3v) is 9.25. The highest BCUT2D eigenvalue weighted by Gasteiger charge is 2.51. The van der Waals surface area contributed by atoms with E-state index in [0.717, 1.165) is 28.8 Å². The number of sulfonamides is 1. The minimum Gasteiger partial charge on any atom is -0.369 e. The number of hydrogen-bond donors (Lipinski definition) is 4. The Morgan fingerprint density at radius 2 is 1.73 bits per heavy atom. The summed E-state index contributed by atoms with van der Waals surface area (Å²) < 4.78 is 66.7. The van der Waals surface area contributed by atoms with Crippen LogP contribution in [0, 0.1) is 0 Å². The predicted octanol–water partition coefficient (Wildman–Crippen LogP) is 5.35. The lowest BCUT2D eigenvalue weighted by atomic mass is 9.94. The van der Waals surface area contributed by atoms with Gasteiger partial charge in [-0.25, -0.2) is 18.1 Å². The second kappa shape index (κ2) is 11.5. The zero-order valence-electron chi connectivity index (χ0n) is 23.4. The van der Waals surface area contributed by atoms with Gasteiger partial charge in [0.25, 0.3) is 0 Å². The highest BCUT2D eigenvalue weighted by molar-refractivity contribution is 7.89. The first-order valence-electron chi connectivity index (χ1n) is 14.1. The number of anilines is 3. The van der Waals surface area contributed by atoms with Crippen LogP contribution in [0.5, 0.6) is 0 Å². The van der Waals surface area contributed by atoms with E-state index in [1.165, 1.54) is 24.3 Å². The number of amides is 1.